The molecule has 0 aromatic heterocycles. The zero-order chi connectivity index (χ0) is 18.7. The molecule has 132 valence electrons. The van der Waals surface area contributed by atoms with Crippen LogP contribution in [-0.4, -0.2) is 23.0 Å². The monoisotopic (exact) mass is 339 g/mol. The molecule has 0 saturated carbocycles. The topological polar surface area (TPSA) is 46.6 Å². The standard InChI is InChI=1S/C21H25NO3/c1-20(2,3)25-19(24)22(17-14-10-7-11-15-17)21(4,5)18(23)16-12-8-6-9-13-16/h6-15H,1-5H3. The fourth-order valence-corrected chi connectivity index (χ4v) is 2.59. The minimum Gasteiger partial charge on any atom is -0.443 e. The number of ketones is 1. The van der Waals surface area contributed by atoms with Gasteiger partial charge in [-0.25, -0.2) is 4.79 Å². The van der Waals surface area contributed by atoms with Crippen LogP contribution in [0.5, 0.6) is 0 Å². The Balaban J connectivity index is 2.47. The zero-order valence-corrected chi connectivity index (χ0v) is 15.4. The molecule has 0 atom stereocenters. The molecule has 2 aromatic carbocycles. The van der Waals surface area contributed by atoms with Gasteiger partial charge in [0.1, 0.15) is 11.1 Å². The largest absolute Gasteiger partial charge is 0.443 e. The van der Waals surface area contributed by atoms with Crippen molar-refractivity contribution in [2.24, 2.45) is 0 Å². The van der Waals surface area contributed by atoms with Crippen molar-refractivity contribution in [3.05, 3.63) is 66.2 Å². The van der Waals surface area contributed by atoms with Crippen LogP contribution >= 0.6 is 0 Å². The van der Waals surface area contributed by atoms with Crippen LogP contribution in [0.1, 0.15) is 45.0 Å². The summed E-state index contributed by atoms with van der Waals surface area (Å²) in [6.07, 6.45) is -0.548. The van der Waals surface area contributed by atoms with Crippen molar-refractivity contribution >= 4 is 17.6 Å². The summed E-state index contributed by atoms with van der Waals surface area (Å²) in [4.78, 5) is 27.4. The molecule has 0 bridgehead atoms. The quantitative estimate of drug-likeness (QED) is 0.729. The third-order valence-electron chi connectivity index (χ3n) is 3.74. The number of benzene rings is 2. The molecular weight excluding hydrogens is 314 g/mol. The van der Waals surface area contributed by atoms with E-state index in [-0.39, 0.29) is 5.78 Å². The van der Waals surface area contributed by atoms with Gasteiger partial charge in [0, 0.05) is 11.3 Å². The van der Waals surface area contributed by atoms with Gasteiger partial charge in [-0.2, -0.15) is 0 Å². The number of carbonyl (C=O) groups excluding carboxylic acids is 2. The molecule has 0 radical (unpaired) electrons. The SMILES string of the molecule is CC(C)(C)OC(=O)N(c1ccccc1)C(C)(C)C(=O)c1ccccc1. The average molecular weight is 339 g/mol. The predicted molar refractivity (Wildman–Crippen MR) is 100 cm³/mol. The van der Waals surface area contributed by atoms with E-state index in [1.165, 1.54) is 4.90 Å². The van der Waals surface area contributed by atoms with Crippen molar-refractivity contribution in [1.82, 2.24) is 0 Å². The number of carbonyl (C=O) groups is 2. The van der Waals surface area contributed by atoms with Gasteiger partial charge in [0.25, 0.3) is 0 Å². The summed E-state index contributed by atoms with van der Waals surface area (Å²) in [7, 11) is 0. The van der Waals surface area contributed by atoms with E-state index in [1.807, 2.05) is 36.4 Å². The lowest BCUT2D eigenvalue weighted by atomic mass is 9.91. The van der Waals surface area contributed by atoms with Crippen LogP contribution in [0.4, 0.5) is 10.5 Å². The van der Waals surface area contributed by atoms with Gasteiger partial charge in [-0.3, -0.25) is 9.69 Å². The summed E-state index contributed by atoms with van der Waals surface area (Å²) < 4.78 is 5.56. The highest BCUT2D eigenvalue weighted by molar-refractivity contribution is 6.09. The zero-order valence-electron chi connectivity index (χ0n) is 15.4. The average Bonchev–Trinajstić information content (AvgIpc) is 2.54. The molecule has 1 amide bonds. The van der Waals surface area contributed by atoms with E-state index < -0.39 is 17.2 Å². The van der Waals surface area contributed by atoms with Crippen molar-refractivity contribution < 1.29 is 14.3 Å². The highest BCUT2D eigenvalue weighted by atomic mass is 16.6. The van der Waals surface area contributed by atoms with E-state index in [1.54, 1.807) is 58.9 Å². The second-order valence-electron chi connectivity index (χ2n) is 7.41. The van der Waals surface area contributed by atoms with E-state index in [0.29, 0.717) is 11.3 Å². The third-order valence-corrected chi connectivity index (χ3v) is 3.74. The number of Topliss-reactive ketones (excluding diaryl/α,β-unsaturated/α-hetero) is 1. The van der Waals surface area contributed by atoms with Gasteiger partial charge in [-0.1, -0.05) is 48.5 Å². The van der Waals surface area contributed by atoms with Gasteiger partial charge >= 0.3 is 6.09 Å². The molecule has 0 saturated heterocycles. The third kappa shape index (κ3) is 4.47. The lowest BCUT2D eigenvalue weighted by Crippen LogP contribution is -2.54. The number of rotatable bonds is 4. The fraction of sp³-hybridized carbons (Fsp3) is 0.333. The number of nitrogens with zero attached hydrogens (tertiary/aromatic N) is 1. The molecule has 0 aliphatic heterocycles. The number of amides is 1. The maximum Gasteiger partial charge on any atom is 0.415 e. The van der Waals surface area contributed by atoms with E-state index >= 15 is 0 Å². The maximum atomic E-state index is 13.1. The molecule has 0 unspecified atom stereocenters. The first-order chi connectivity index (χ1) is 11.6. The van der Waals surface area contributed by atoms with Gasteiger partial charge in [-0.15, -0.1) is 0 Å². The lowest BCUT2D eigenvalue weighted by Gasteiger charge is -2.38. The van der Waals surface area contributed by atoms with E-state index in [9.17, 15) is 9.59 Å². The summed E-state index contributed by atoms with van der Waals surface area (Å²) in [5.74, 6) is -0.150. The summed E-state index contributed by atoms with van der Waals surface area (Å²) in [6, 6.07) is 18.1. The smallest absolute Gasteiger partial charge is 0.415 e. The highest BCUT2D eigenvalue weighted by Crippen LogP contribution is 2.29. The maximum absolute atomic E-state index is 13.1. The highest BCUT2D eigenvalue weighted by Gasteiger charge is 2.41. The number of ether oxygens (including phenoxy) is 1. The first-order valence-electron chi connectivity index (χ1n) is 8.31. The van der Waals surface area contributed by atoms with Gasteiger partial charge in [0.15, 0.2) is 5.78 Å². The summed E-state index contributed by atoms with van der Waals surface area (Å²) in [6.45, 7) is 8.89. The van der Waals surface area contributed by atoms with Crippen molar-refractivity contribution in [1.29, 1.82) is 0 Å². The fourth-order valence-electron chi connectivity index (χ4n) is 2.59. The first-order valence-corrected chi connectivity index (χ1v) is 8.31. The van der Waals surface area contributed by atoms with Crippen LogP contribution in [0.25, 0.3) is 0 Å². The molecule has 4 nitrogen and oxygen atoms in total. The van der Waals surface area contributed by atoms with Crippen molar-refractivity contribution in [2.75, 3.05) is 4.90 Å². The Morgan fingerprint density at radius 2 is 1.28 bits per heavy atom. The molecule has 25 heavy (non-hydrogen) atoms. The van der Waals surface area contributed by atoms with E-state index in [0.717, 1.165) is 0 Å². The molecule has 0 aliphatic rings. The molecule has 0 fully saturated rings. The Labute approximate surface area is 149 Å². The summed E-state index contributed by atoms with van der Waals surface area (Å²) >= 11 is 0. The Morgan fingerprint density at radius 1 is 0.800 bits per heavy atom. The molecule has 0 aliphatic carbocycles. The van der Waals surface area contributed by atoms with Crippen LogP contribution in [0.2, 0.25) is 0 Å². The van der Waals surface area contributed by atoms with Gasteiger partial charge in [-0.05, 0) is 46.8 Å². The van der Waals surface area contributed by atoms with Crippen LogP contribution in [0.15, 0.2) is 60.7 Å². The molecule has 0 N–H and O–H groups in total. The predicted octanol–water partition coefficient (Wildman–Crippen LogP) is 5.09. The first kappa shape index (κ1) is 18.7. The molecule has 2 aromatic rings. The Bertz CT molecular complexity index is 731. The normalized spacial score (nSPS) is 11.7. The van der Waals surface area contributed by atoms with E-state index in [2.05, 4.69) is 0 Å². The lowest BCUT2D eigenvalue weighted by molar-refractivity contribution is 0.0528. The van der Waals surface area contributed by atoms with Crippen molar-refractivity contribution in [3.63, 3.8) is 0 Å². The molecule has 4 heteroatoms. The summed E-state index contributed by atoms with van der Waals surface area (Å²) in [5, 5.41) is 0. The molecular formula is C21H25NO3. The van der Waals surface area contributed by atoms with Crippen molar-refractivity contribution in [2.45, 2.75) is 45.8 Å². The molecule has 2 rings (SSSR count). The van der Waals surface area contributed by atoms with E-state index in [4.69, 9.17) is 4.74 Å². The van der Waals surface area contributed by atoms with Crippen LogP contribution in [0.3, 0.4) is 0 Å². The molecule has 0 heterocycles. The van der Waals surface area contributed by atoms with Crippen LogP contribution in [-0.2, 0) is 4.74 Å². The summed E-state index contributed by atoms with van der Waals surface area (Å²) in [5.41, 5.74) is -0.593. The van der Waals surface area contributed by atoms with Gasteiger partial charge in [0.05, 0.1) is 0 Å². The van der Waals surface area contributed by atoms with Gasteiger partial charge in [0.2, 0.25) is 0 Å². The second kappa shape index (κ2) is 7.09. The number of hydrogen-bond acceptors (Lipinski definition) is 3. The molecule has 0 spiro atoms. The number of anilines is 1. The Kier molecular flexibility index (Phi) is 5.31. The van der Waals surface area contributed by atoms with Crippen LogP contribution < -0.4 is 4.90 Å². The van der Waals surface area contributed by atoms with Gasteiger partial charge < -0.3 is 4.74 Å². The van der Waals surface area contributed by atoms with Crippen molar-refractivity contribution in [3.8, 4) is 0 Å². The minimum atomic E-state index is -1.11. The Morgan fingerprint density at radius 3 is 1.76 bits per heavy atom. The number of hydrogen-bond donors (Lipinski definition) is 0. The second-order valence-corrected chi connectivity index (χ2v) is 7.41. The number of para-hydroxylation sites is 1. The van der Waals surface area contributed by atoms with Crippen LogP contribution in [0, 0.1) is 0 Å². The Hall–Kier alpha value is -2.62. The minimum absolute atomic E-state index is 0.150.